The fraction of sp³-hybridized carbons (Fsp3) is 0.667. The molecule has 2 heteroatoms. The molecule has 3 rings (SSSR count). The lowest BCUT2D eigenvalue weighted by Crippen LogP contribution is -2.32. The highest BCUT2D eigenvalue weighted by Crippen LogP contribution is 2.48. The zero-order chi connectivity index (χ0) is 13.9. The van der Waals surface area contributed by atoms with Gasteiger partial charge in [-0.05, 0) is 68.7 Å². The molecule has 20 heavy (non-hydrogen) atoms. The van der Waals surface area contributed by atoms with Gasteiger partial charge in [-0.1, -0.05) is 18.6 Å². The number of nitrogens with zero attached hydrogens (tertiary/aromatic N) is 1. The molecule has 0 saturated heterocycles. The van der Waals surface area contributed by atoms with Crippen LogP contribution in [0.25, 0.3) is 0 Å². The second-order valence-corrected chi connectivity index (χ2v) is 6.99. The summed E-state index contributed by atoms with van der Waals surface area (Å²) >= 11 is 0. The molecule has 1 N–H and O–H groups in total. The monoisotopic (exact) mass is 272 g/mol. The summed E-state index contributed by atoms with van der Waals surface area (Å²) in [5.41, 5.74) is 2.57. The Labute approximate surface area is 123 Å². The van der Waals surface area contributed by atoms with Gasteiger partial charge in [0.2, 0.25) is 0 Å². The summed E-state index contributed by atoms with van der Waals surface area (Å²) in [4.78, 5) is 2.52. The Kier molecular flexibility index (Phi) is 4.30. The van der Waals surface area contributed by atoms with Crippen molar-refractivity contribution in [1.82, 2.24) is 4.90 Å². The van der Waals surface area contributed by atoms with Gasteiger partial charge in [0.05, 0.1) is 0 Å². The van der Waals surface area contributed by atoms with Crippen molar-refractivity contribution in [3.8, 4) is 0 Å². The van der Waals surface area contributed by atoms with Gasteiger partial charge >= 0.3 is 0 Å². The summed E-state index contributed by atoms with van der Waals surface area (Å²) in [6.07, 6.45) is 6.05. The van der Waals surface area contributed by atoms with Crippen LogP contribution < -0.4 is 5.32 Å². The van der Waals surface area contributed by atoms with Crippen molar-refractivity contribution in [3.05, 3.63) is 29.8 Å². The summed E-state index contributed by atoms with van der Waals surface area (Å²) < 4.78 is 0. The second-order valence-electron chi connectivity index (χ2n) is 6.99. The van der Waals surface area contributed by atoms with Gasteiger partial charge in [0, 0.05) is 25.3 Å². The van der Waals surface area contributed by atoms with Crippen LogP contribution in [0.5, 0.6) is 0 Å². The highest BCUT2D eigenvalue weighted by atomic mass is 15.1. The first-order valence-electron chi connectivity index (χ1n) is 8.20. The van der Waals surface area contributed by atoms with Crippen molar-refractivity contribution in [3.63, 3.8) is 0 Å². The average molecular weight is 272 g/mol. The van der Waals surface area contributed by atoms with E-state index < -0.39 is 0 Å². The average Bonchev–Trinajstić information content (AvgIpc) is 3.01. The smallest absolute Gasteiger partial charge is 0.0343 e. The zero-order valence-electron chi connectivity index (χ0n) is 12.9. The Morgan fingerprint density at radius 3 is 2.85 bits per heavy atom. The van der Waals surface area contributed by atoms with Crippen molar-refractivity contribution in [2.45, 2.75) is 32.6 Å². The number of fused-ring (bicyclic) bond motifs is 2. The third-order valence-electron chi connectivity index (χ3n) is 5.27. The first-order chi connectivity index (χ1) is 9.70. The zero-order valence-corrected chi connectivity index (χ0v) is 12.9. The third-order valence-corrected chi connectivity index (χ3v) is 5.27. The molecule has 2 saturated carbocycles. The van der Waals surface area contributed by atoms with E-state index in [1.54, 1.807) is 0 Å². The molecule has 2 aliphatic carbocycles. The maximum atomic E-state index is 3.53. The number of hydrogen-bond donors (Lipinski definition) is 1. The summed E-state index contributed by atoms with van der Waals surface area (Å²) in [5, 5.41) is 3.53. The maximum absolute atomic E-state index is 3.53. The third kappa shape index (κ3) is 3.35. The summed E-state index contributed by atoms with van der Waals surface area (Å²) in [6, 6.07) is 8.64. The molecule has 0 amide bonds. The Balaban J connectivity index is 1.38. The van der Waals surface area contributed by atoms with Gasteiger partial charge < -0.3 is 10.2 Å². The number of anilines is 1. The normalized spacial score (nSPS) is 28.2. The van der Waals surface area contributed by atoms with E-state index >= 15 is 0 Å². The molecule has 1 aromatic carbocycles. The van der Waals surface area contributed by atoms with Crippen molar-refractivity contribution in [1.29, 1.82) is 0 Å². The van der Waals surface area contributed by atoms with E-state index in [9.17, 15) is 0 Å². The molecule has 2 nitrogen and oxygen atoms in total. The standard InChI is InChI=1S/C18H28N2/c1-14-4-3-5-18(10-14)19-8-9-20(2)13-17-12-15-6-7-16(17)11-15/h3-5,10,15-17,19H,6-9,11-13H2,1-2H3. The Morgan fingerprint density at radius 2 is 2.15 bits per heavy atom. The molecule has 3 atom stereocenters. The fourth-order valence-electron chi connectivity index (χ4n) is 4.24. The molecule has 0 spiro atoms. The van der Waals surface area contributed by atoms with Crippen molar-refractivity contribution >= 4 is 5.69 Å². The van der Waals surface area contributed by atoms with Crippen molar-refractivity contribution < 1.29 is 0 Å². The fourth-order valence-corrected chi connectivity index (χ4v) is 4.24. The molecular formula is C18H28N2. The van der Waals surface area contributed by atoms with E-state index in [1.807, 2.05) is 0 Å². The lowest BCUT2D eigenvalue weighted by atomic mass is 9.88. The van der Waals surface area contributed by atoms with Gasteiger partial charge in [-0.25, -0.2) is 0 Å². The van der Waals surface area contributed by atoms with E-state index in [0.29, 0.717) is 0 Å². The number of hydrogen-bond acceptors (Lipinski definition) is 2. The van der Waals surface area contributed by atoms with Gasteiger partial charge in [-0.3, -0.25) is 0 Å². The quantitative estimate of drug-likeness (QED) is 0.848. The lowest BCUT2D eigenvalue weighted by molar-refractivity contribution is 0.225. The molecule has 1 aromatic rings. The highest BCUT2D eigenvalue weighted by Gasteiger charge is 2.39. The lowest BCUT2D eigenvalue weighted by Gasteiger charge is -2.27. The molecule has 0 aromatic heterocycles. The minimum atomic E-state index is 0.984. The molecule has 110 valence electrons. The van der Waals surface area contributed by atoms with Crippen molar-refractivity contribution in [2.24, 2.45) is 17.8 Å². The van der Waals surface area contributed by atoms with Crippen LogP contribution in [0.15, 0.2) is 24.3 Å². The number of likely N-dealkylation sites (N-methyl/N-ethyl adjacent to an activating group) is 1. The Hall–Kier alpha value is -1.02. The highest BCUT2D eigenvalue weighted by molar-refractivity contribution is 5.45. The maximum Gasteiger partial charge on any atom is 0.0343 e. The van der Waals surface area contributed by atoms with E-state index in [4.69, 9.17) is 0 Å². The van der Waals surface area contributed by atoms with Crippen LogP contribution in [-0.4, -0.2) is 31.6 Å². The Morgan fingerprint density at radius 1 is 1.25 bits per heavy atom. The van der Waals surface area contributed by atoms with Crippen LogP contribution >= 0.6 is 0 Å². The van der Waals surface area contributed by atoms with Gasteiger partial charge in [0.15, 0.2) is 0 Å². The van der Waals surface area contributed by atoms with Gasteiger partial charge in [0.25, 0.3) is 0 Å². The SMILES string of the molecule is Cc1cccc(NCCN(C)CC2CC3CCC2C3)c1. The first kappa shape index (κ1) is 13.9. The molecule has 3 unspecified atom stereocenters. The van der Waals surface area contributed by atoms with Gasteiger partial charge in [-0.2, -0.15) is 0 Å². The number of aryl methyl sites for hydroxylation is 1. The minimum absolute atomic E-state index is 0.984. The summed E-state index contributed by atoms with van der Waals surface area (Å²) in [7, 11) is 2.28. The van der Waals surface area contributed by atoms with E-state index in [2.05, 4.69) is 48.5 Å². The van der Waals surface area contributed by atoms with Gasteiger partial charge in [-0.15, -0.1) is 0 Å². The molecule has 2 bridgehead atoms. The molecule has 2 fully saturated rings. The number of nitrogens with one attached hydrogen (secondary N) is 1. The minimum Gasteiger partial charge on any atom is -0.384 e. The van der Waals surface area contributed by atoms with Crippen molar-refractivity contribution in [2.75, 3.05) is 32.0 Å². The number of rotatable bonds is 6. The van der Waals surface area contributed by atoms with Crippen LogP contribution in [-0.2, 0) is 0 Å². The largest absolute Gasteiger partial charge is 0.384 e. The predicted octanol–water partition coefficient (Wildman–Crippen LogP) is 3.77. The predicted molar refractivity (Wildman–Crippen MR) is 86.1 cm³/mol. The van der Waals surface area contributed by atoms with E-state index in [-0.39, 0.29) is 0 Å². The van der Waals surface area contributed by atoms with Crippen LogP contribution in [0.4, 0.5) is 5.69 Å². The molecule has 0 radical (unpaired) electrons. The molecule has 0 aliphatic heterocycles. The molecule has 2 aliphatic rings. The topological polar surface area (TPSA) is 15.3 Å². The van der Waals surface area contributed by atoms with Crippen LogP contribution in [0.1, 0.15) is 31.2 Å². The van der Waals surface area contributed by atoms with Crippen LogP contribution in [0.2, 0.25) is 0 Å². The molecular weight excluding hydrogens is 244 g/mol. The first-order valence-corrected chi connectivity index (χ1v) is 8.20. The Bertz CT molecular complexity index is 443. The van der Waals surface area contributed by atoms with Crippen LogP contribution in [0.3, 0.4) is 0 Å². The second kappa shape index (κ2) is 6.17. The molecule has 0 heterocycles. The van der Waals surface area contributed by atoms with Crippen LogP contribution in [0, 0.1) is 24.7 Å². The van der Waals surface area contributed by atoms with E-state index in [1.165, 1.54) is 43.5 Å². The number of benzene rings is 1. The van der Waals surface area contributed by atoms with Gasteiger partial charge in [0.1, 0.15) is 0 Å². The summed E-state index contributed by atoms with van der Waals surface area (Å²) in [5.74, 6) is 3.11. The summed E-state index contributed by atoms with van der Waals surface area (Å²) in [6.45, 7) is 5.63. The van der Waals surface area contributed by atoms with E-state index in [0.717, 1.165) is 30.8 Å².